The van der Waals surface area contributed by atoms with Gasteiger partial charge in [-0.15, -0.1) is 0 Å². The first-order chi connectivity index (χ1) is 14.8. The van der Waals surface area contributed by atoms with Crippen molar-refractivity contribution < 1.29 is 19.1 Å². The van der Waals surface area contributed by atoms with Crippen LogP contribution in [0, 0.1) is 5.41 Å². The van der Waals surface area contributed by atoms with Gasteiger partial charge in [-0.2, -0.15) is 0 Å². The Morgan fingerprint density at radius 2 is 1.65 bits per heavy atom. The number of hydrogen-bond acceptors (Lipinski definition) is 5. The van der Waals surface area contributed by atoms with Crippen molar-refractivity contribution in [2.45, 2.75) is 46.5 Å². The molecule has 0 bridgehead atoms. The summed E-state index contributed by atoms with van der Waals surface area (Å²) < 4.78 is 5.28. The number of imide groups is 1. The molecule has 6 heteroatoms. The fourth-order valence-electron chi connectivity index (χ4n) is 4.35. The molecule has 0 aliphatic carbocycles. The number of anilines is 1. The highest BCUT2D eigenvalue weighted by molar-refractivity contribution is 6.26. The maximum Gasteiger partial charge on any atom is 0.311 e. The number of amides is 2. The van der Waals surface area contributed by atoms with Gasteiger partial charge in [-0.3, -0.25) is 19.3 Å². The van der Waals surface area contributed by atoms with Gasteiger partial charge in [-0.05, 0) is 64.7 Å². The lowest BCUT2D eigenvalue weighted by atomic mass is 9.92. The van der Waals surface area contributed by atoms with Crippen molar-refractivity contribution >= 4 is 34.2 Å². The van der Waals surface area contributed by atoms with Gasteiger partial charge in [-0.1, -0.05) is 12.1 Å². The fraction of sp³-hybridized carbons (Fsp3) is 0.480. The van der Waals surface area contributed by atoms with Crippen LogP contribution in [0.2, 0.25) is 0 Å². The third-order valence-corrected chi connectivity index (χ3v) is 6.04. The minimum absolute atomic E-state index is 0.179. The molecular weight excluding hydrogens is 392 g/mol. The minimum Gasteiger partial charge on any atom is -0.465 e. The average Bonchev–Trinajstić information content (AvgIpc) is 2.76. The van der Waals surface area contributed by atoms with Crippen molar-refractivity contribution in [3.8, 4) is 0 Å². The Kier molecular flexibility index (Phi) is 5.73. The second-order valence-electron chi connectivity index (χ2n) is 9.41. The highest BCUT2D eigenvalue weighted by Gasteiger charge is 2.33. The molecule has 2 aromatic rings. The van der Waals surface area contributed by atoms with Crippen LogP contribution in [-0.2, 0) is 9.53 Å². The van der Waals surface area contributed by atoms with Crippen molar-refractivity contribution in [2.24, 2.45) is 5.41 Å². The molecule has 31 heavy (non-hydrogen) atoms. The van der Waals surface area contributed by atoms with Crippen molar-refractivity contribution in [2.75, 3.05) is 31.1 Å². The zero-order chi connectivity index (χ0) is 22.2. The van der Waals surface area contributed by atoms with Gasteiger partial charge < -0.3 is 9.64 Å². The van der Waals surface area contributed by atoms with Crippen LogP contribution >= 0.6 is 0 Å². The molecule has 0 atom stereocenters. The summed E-state index contributed by atoms with van der Waals surface area (Å²) in [5.41, 5.74) is 1.66. The summed E-state index contributed by atoms with van der Waals surface area (Å²) in [5.74, 6) is -0.841. The molecule has 2 amide bonds. The smallest absolute Gasteiger partial charge is 0.311 e. The second-order valence-corrected chi connectivity index (χ2v) is 9.41. The van der Waals surface area contributed by atoms with Gasteiger partial charge in [0.15, 0.2) is 0 Å². The molecule has 1 fully saturated rings. The van der Waals surface area contributed by atoms with Gasteiger partial charge in [-0.25, -0.2) is 0 Å². The SMILES string of the molecule is CC(C)(C)C(=O)OCCCN1C(=O)c2cccc3c(N4CCCCC4)ccc(c23)C1=O. The maximum absolute atomic E-state index is 13.2. The molecule has 0 N–H and O–H groups in total. The molecule has 0 spiro atoms. The lowest BCUT2D eigenvalue weighted by Crippen LogP contribution is -2.41. The Bertz CT molecular complexity index is 1010. The van der Waals surface area contributed by atoms with Crippen molar-refractivity contribution in [3.05, 3.63) is 41.5 Å². The highest BCUT2D eigenvalue weighted by atomic mass is 16.5. The molecular formula is C25H30N2O4. The van der Waals surface area contributed by atoms with E-state index in [1.165, 1.54) is 11.3 Å². The molecule has 2 aliphatic rings. The van der Waals surface area contributed by atoms with Crippen LogP contribution < -0.4 is 4.90 Å². The summed E-state index contributed by atoms with van der Waals surface area (Å²) >= 11 is 0. The van der Waals surface area contributed by atoms with Crippen LogP contribution in [0.15, 0.2) is 30.3 Å². The van der Waals surface area contributed by atoms with Gasteiger partial charge in [0.1, 0.15) is 0 Å². The quantitative estimate of drug-likeness (QED) is 0.406. The molecule has 164 valence electrons. The van der Waals surface area contributed by atoms with Crippen molar-refractivity contribution in [3.63, 3.8) is 0 Å². The Morgan fingerprint density at radius 3 is 2.32 bits per heavy atom. The van der Waals surface area contributed by atoms with Crippen LogP contribution in [0.25, 0.3) is 10.8 Å². The summed E-state index contributed by atoms with van der Waals surface area (Å²) in [6, 6.07) is 9.58. The van der Waals surface area contributed by atoms with E-state index >= 15 is 0 Å². The minimum atomic E-state index is -0.572. The number of esters is 1. The van der Waals surface area contributed by atoms with Crippen molar-refractivity contribution in [1.29, 1.82) is 0 Å². The Hall–Kier alpha value is -2.89. The van der Waals surface area contributed by atoms with Gasteiger partial charge in [0.25, 0.3) is 11.8 Å². The number of nitrogens with zero attached hydrogens (tertiary/aromatic N) is 2. The molecule has 0 saturated carbocycles. The van der Waals surface area contributed by atoms with Gasteiger partial charge >= 0.3 is 5.97 Å². The topological polar surface area (TPSA) is 66.9 Å². The zero-order valence-corrected chi connectivity index (χ0v) is 18.6. The number of carbonyl (C=O) groups is 3. The number of carbonyl (C=O) groups excluding carboxylic acids is 3. The predicted molar refractivity (Wildman–Crippen MR) is 120 cm³/mol. The lowest BCUT2D eigenvalue weighted by molar-refractivity contribution is -0.153. The standard InChI is InChI=1S/C25H30N2O4/c1-25(2,3)24(30)31-16-8-15-27-22(28)18-10-7-9-17-20(26-13-5-4-6-14-26)12-11-19(21(17)18)23(27)29/h7,9-12H,4-6,8,13-16H2,1-3H3. The van der Waals surface area contributed by atoms with E-state index in [2.05, 4.69) is 4.90 Å². The maximum atomic E-state index is 13.2. The summed E-state index contributed by atoms with van der Waals surface area (Å²) in [6.45, 7) is 7.78. The van der Waals surface area contributed by atoms with Gasteiger partial charge in [0, 0.05) is 47.2 Å². The summed E-state index contributed by atoms with van der Waals surface area (Å²) in [4.78, 5) is 41.9. The normalized spacial score (nSPS) is 16.7. The first-order valence-electron chi connectivity index (χ1n) is 11.1. The lowest BCUT2D eigenvalue weighted by Gasteiger charge is -2.32. The van der Waals surface area contributed by atoms with Crippen LogP contribution in [0.4, 0.5) is 5.69 Å². The molecule has 0 unspecified atom stereocenters. The molecule has 0 radical (unpaired) electrons. The summed E-state index contributed by atoms with van der Waals surface area (Å²) in [7, 11) is 0. The molecule has 4 rings (SSSR count). The number of piperidine rings is 1. The monoisotopic (exact) mass is 422 g/mol. The average molecular weight is 423 g/mol. The molecule has 2 aliphatic heterocycles. The second kappa shape index (κ2) is 8.33. The fourth-order valence-corrected chi connectivity index (χ4v) is 4.35. The molecule has 2 aromatic carbocycles. The number of hydrogen-bond donors (Lipinski definition) is 0. The number of ether oxygens (including phenoxy) is 1. The van der Waals surface area contributed by atoms with E-state index in [-0.39, 0.29) is 30.9 Å². The van der Waals surface area contributed by atoms with Crippen molar-refractivity contribution in [1.82, 2.24) is 4.90 Å². The molecule has 1 saturated heterocycles. The van der Waals surface area contributed by atoms with E-state index in [1.54, 1.807) is 26.8 Å². The summed E-state index contributed by atoms with van der Waals surface area (Å²) in [6.07, 6.45) is 3.98. The van der Waals surface area contributed by atoms with Crippen LogP contribution in [0.1, 0.15) is 67.2 Å². The first-order valence-corrected chi connectivity index (χ1v) is 11.1. The first kappa shape index (κ1) is 21.3. The van der Waals surface area contributed by atoms with Crippen LogP contribution in [-0.4, -0.2) is 48.9 Å². The molecule has 6 nitrogen and oxygen atoms in total. The molecule has 2 heterocycles. The van der Waals surface area contributed by atoms with Crippen LogP contribution in [0.3, 0.4) is 0 Å². The third-order valence-electron chi connectivity index (χ3n) is 6.04. The Morgan fingerprint density at radius 1 is 0.968 bits per heavy atom. The van der Waals surface area contributed by atoms with Crippen LogP contribution in [0.5, 0.6) is 0 Å². The largest absolute Gasteiger partial charge is 0.465 e. The van der Waals surface area contributed by atoms with E-state index < -0.39 is 5.41 Å². The molecule has 0 aromatic heterocycles. The predicted octanol–water partition coefficient (Wildman–Crippen LogP) is 4.41. The van der Waals surface area contributed by atoms with E-state index in [4.69, 9.17) is 4.74 Å². The van der Waals surface area contributed by atoms with Gasteiger partial charge in [0.05, 0.1) is 12.0 Å². The van der Waals surface area contributed by atoms with E-state index in [0.717, 1.165) is 42.4 Å². The van der Waals surface area contributed by atoms with Gasteiger partial charge in [0.2, 0.25) is 0 Å². The number of benzene rings is 2. The Labute approximate surface area is 183 Å². The number of rotatable bonds is 5. The zero-order valence-electron chi connectivity index (χ0n) is 18.6. The van der Waals surface area contributed by atoms with E-state index in [0.29, 0.717) is 17.5 Å². The van der Waals surface area contributed by atoms with E-state index in [9.17, 15) is 14.4 Å². The highest BCUT2D eigenvalue weighted by Crippen LogP contribution is 2.36. The summed E-state index contributed by atoms with van der Waals surface area (Å²) in [5, 5.41) is 1.73. The third kappa shape index (κ3) is 4.03. The van der Waals surface area contributed by atoms with E-state index in [1.807, 2.05) is 24.3 Å². The Balaban J connectivity index is 1.56.